The number of carbonyl (C=O) groups is 3. The molecule has 0 unspecified atom stereocenters. The van der Waals surface area contributed by atoms with Gasteiger partial charge in [0.25, 0.3) is 0 Å². The maximum Gasteiger partial charge on any atom is 0.312 e. The van der Waals surface area contributed by atoms with Crippen LogP contribution < -0.4 is 5.32 Å². The minimum absolute atomic E-state index is 0.00234. The number of carbonyl (C=O) groups excluding carboxylic acids is 3. The van der Waals surface area contributed by atoms with Gasteiger partial charge in [0.2, 0.25) is 5.91 Å². The van der Waals surface area contributed by atoms with E-state index in [4.69, 9.17) is 4.74 Å². The minimum atomic E-state index is -0.585. The van der Waals surface area contributed by atoms with Gasteiger partial charge in [-0.15, -0.1) is 0 Å². The van der Waals surface area contributed by atoms with Crippen LogP contribution in [0.25, 0.3) is 0 Å². The third-order valence-electron chi connectivity index (χ3n) is 3.16. The Morgan fingerprint density at radius 1 is 1.10 bits per heavy atom. The quantitative estimate of drug-likeness (QED) is 0.531. The molecule has 0 aliphatic carbocycles. The molecule has 1 N–H and O–H groups in total. The molecule has 1 aliphatic rings. The van der Waals surface area contributed by atoms with Gasteiger partial charge >= 0.3 is 11.8 Å². The summed E-state index contributed by atoms with van der Waals surface area (Å²) in [6.07, 6.45) is 0.685. The zero-order valence-corrected chi connectivity index (χ0v) is 12.2. The van der Waals surface area contributed by atoms with E-state index < -0.39 is 11.8 Å². The zero-order chi connectivity index (χ0) is 15.0. The molecule has 1 saturated heterocycles. The van der Waals surface area contributed by atoms with Crippen LogP contribution in [-0.2, 0) is 19.1 Å². The van der Waals surface area contributed by atoms with Gasteiger partial charge in [-0.1, -0.05) is 0 Å². The minimum Gasteiger partial charge on any atom is -0.382 e. The van der Waals surface area contributed by atoms with Crippen LogP contribution in [0.5, 0.6) is 0 Å². The highest BCUT2D eigenvalue weighted by Crippen LogP contribution is 2.02. The summed E-state index contributed by atoms with van der Waals surface area (Å²) in [5.74, 6) is -1.11. The maximum atomic E-state index is 11.9. The van der Waals surface area contributed by atoms with E-state index in [0.29, 0.717) is 52.4 Å². The molecule has 0 radical (unpaired) electrons. The van der Waals surface area contributed by atoms with Crippen LogP contribution in [-0.4, -0.2) is 73.5 Å². The van der Waals surface area contributed by atoms with Gasteiger partial charge in [-0.05, 0) is 13.3 Å². The summed E-state index contributed by atoms with van der Waals surface area (Å²) in [4.78, 5) is 37.9. The lowest BCUT2D eigenvalue weighted by molar-refractivity contribution is -0.148. The first-order chi connectivity index (χ1) is 9.56. The maximum absolute atomic E-state index is 11.9. The predicted molar refractivity (Wildman–Crippen MR) is 73.0 cm³/mol. The summed E-state index contributed by atoms with van der Waals surface area (Å²) in [7, 11) is 0. The van der Waals surface area contributed by atoms with E-state index in [0.717, 1.165) is 0 Å². The van der Waals surface area contributed by atoms with E-state index in [1.165, 1.54) is 11.8 Å². The molecular weight excluding hydrogens is 262 g/mol. The Balaban J connectivity index is 2.24. The normalized spacial score (nSPS) is 15.1. The number of hydrogen-bond acceptors (Lipinski definition) is 4. The highest BCUT2D eigenvalue weighted by atomic mass is 16.5. The molecule has 1 aliphatic heterocycles. The van der Waals surface area contributed by atoms with E-state index in [-0.39, 0.29) is 5.91 Å². The molecule has 114 valence electrons. The number of rotatable bonds is 5. The molecule has 20 heavy (non-hydrogen) atoms. The summed E-state index contributed by atoms with van der Waals surface area (Å²) in [6, 6.07) is 0. The molecule has 0 spiro atoms. The van der Waals surface area contributed by atoms with Gasteiger partial charge in [0, 0.05) is 52.9 Å². The van der Waals surface area contributed by atoms with Crippen molar-refractivity contribution in [2.45, 2.75) is 20.3 Å². The number of hydrogen-bond donors (Lipinski definition) is 1. The van der Waals surface area contributed by atoms with E-state index in [2.05, 4.69) is 5.32 Å². The van der Waals surface area contributed by atoms with Crippen LogP contribution in [0.1, 0.15) is 20.3 Å². The van der Waals surface area contributed by atoms with Gasteiger partial charge in [-0.25, -0.2) is 0 Å². The third-order valence-corrected chi connectivity index (χ3v) is 3.16. The van der Waals surface area contributed by atoms with Gasteiger partial charge in [0.1, 0.15) is 0 Å². The average molecular weight is 285 g/mol. The molecule has 7 heteroatoms. The number of piperazine rings is 1. The fourth-order valence-electron chi connectivity index (χ4n) is 1.96. The lowest BCUT2D eigenvalue weighted by Crippen LogP contribution is -2.53. The molecule has 0 saturated carbocycles. The first-order valence-corrected chi connectivity index (χ1v) is 6.96. The molecule has 3 amide bonds. The number of amides is 3. The average Bonchev–Trinajstić information content (AvgIpc) is 2.46. The first kappa shape index (κ1) is 16.4. The van der Waals surface area contributed by atoms with E-state index >= 15 is 0 Å². The predicted octanol–water partition coefficient (Wildman–Crippen LogP) is -0.780. The molecule has 7 nitrogen and oxygen atoms in total. The van der Waals surface area contributed by atoms with Gasteiger partial charge in [-0.3, -0.25) is 14.4 Å². The molecule has 1 heterocycles. The number of nitrogens with one attached hydrogen (secondary N) is 1. The number of ether oxygens (including phenoxy) is 1. The molecule has 0 bridgehead atoms. The van der Waals surface area contributed by atoms with Crippen LogP contribution in [0.15, 0.2) is 0 Å². The molecular formula is C13H23N3O4. The highest BCUT2D eigenvalue weighted by Gasteiger charge is 2.26. The van der Waals surface area contributed by atoms with E-state index in [1.807, 2.05) is 6.92 Å². The van der Waals surface area contributed by atoms with Gasteiger partial charge in [0.05, 0.1) is 0 Å². The fourth-order valence-corrected chi connectivity index (χ4v) is 1.96. The fraction of sp³-hybridized carbons (Fsp3) is 0.769. The van der Waals surface area contributed by atoms with Crippen molar-refractivity contribution >= 4 is 17.7 Å². The van der Waals surface area contributed by atoms with Crippen molar-refractivity contribution in [3.8, 4) is 0 Å². The largest absolute Gasteiger partial charge is 0.382 e. The smallest absolute Gasteiger partial charge is 0.312 e. The second kappa shape index (κ2) is 8.52. The first-order valence-electron chi connectivity index (χ1n) is 6.96. The summed E-state index contributed by atoms with van der Waals surface area (Å²) in [5.41, 5.74) is 0. The van der Waals surface area contributed by atoms with Crippen LogP contribution in [0.2, 0.25) is 0 Å². The zero-order valence-electron chi connectivity index (χ0n) is 12.2. The Labute approximate surface area is 119 Å². The lowest BCUT2D eigenvalue weighted by Gasteiger charge is -2.33. The molecule has 0 aromatic carbocycles. The summed E-state index contributed by atoms with van der Waals surface area (Å²) in [5, 5.41) is 2.58. The Hall–Kier alpha value is -1.63. The van der Waals surface area contributed by atoms with Crippen molar-refractivity contribution < 1.29 is 19.1 Å². The van der Waals surface area contributed by atoms with Crippen LogP contribution in [0.4, 0.5) is 0 Å². The SMILES string of the molecule is CCOCCCNC(=O)C(=O)N1CCN(C(C)=O)CC1. The van der Waals surface area contributed by atoms with Crippen molar-refractivity contribution in [3.05, 3.63) is 0 Å². The van der Waals surface area contributed by atoms with Crippen molar-refractivity contribution in [3.63, 3.8) is 0 Å². The Kier molecular flexibility index (Phi) is 7.00. The molecule has 1 rings (SSSR count). The topological polar surface area (TPSA) is 79.0 Å². The lowest BCUT2D eigenvalue weighted by atomic mass is 10.3. The van der Waals surface area contributed by atoms with Crippen molar-refractivity contribution in [2.75, 3.05) is 45.9 Å². The van der Waals surface area contributed by atoms with Crippen LogP contribution >= 0.6 is 0 Å². The van der Waals surface area contributed by atoms with Gasteiger partial charge in [-0.2, -0.15) is 0 Å². The monoisotopic (exact) mass is 285 g/mol. The highest BCUT2D eigenvalue weighted by molar-refractivity contribution is 6.35. The molecule has 1 fully saturated rings. The molecule has 0 aromatic heterocycles. The standard InChI is InChI=1S/C13H23N3O4/c1-3-20-10-4-5-14-12(18)13(19)16-8-6-15(7-9-16)11(2)17/h3-10H2,1-2H3,(H,14,18). The van der Waals surface area contributed by atoms with Gasteiger partial charge < -0.3 is 19.9 Å². The second-order valence-corrected chi connectivity index (χ2v) is 4.60. The second-order valence-electron chi connectivity index (χ2n) is 4.60. The number of nitrogens with zero attached hydrogens (tertiary/aromatic N) is 2. The van der Waals surface area contributed by atoms with Crippen molar-refractivity contribution in [1.29, 1.82) is 0 Å². The Morgan fingerprint density at radius 3 is 2.25 bits per heavy atom. The summed E-state index contributed by atoms with van der Waals surface area (Å²) >= 11 is 0. The third kappa shape index (κ3) is 5.16. The Bertz CT molecular complexity index is 352. The molecule has 0 aromatic rings. The van der Waals surface area contributed by atoms with Gasteiger partial charge in [0.15, 0.2) is 0 Å². The van der Waals surface area contributed by atoms with Crippen molar-refractivity contribution in [2.24, 2.45) is 0 Å². The Morgan fingerprint density at radius 2 is 1.70 bits per heavy atom. The van der Waals surface area contributed by atoms with Crippen LogP contribution in [0, 0.1) is 0 Å². The summed E-state index contributed by atoms with van der Waals surface area (Å²) < 4.78 is 5.14. The molecule has 0 atom stereocenters. The van der Waals surface area contributed by atoms with E-state index in [1.54, 1.807) is 4.90 Å². The van der Waals surface area contributed by atoms with Crippen LogP contribution in [0.3, 0.4) is 0 Å². The summed E-state index contributed by atoms with van der Waals surface area (Å²) in [6.45, 7) is 6.84. The van der Waals surface area contributed by atoms with E-state index in [9.17, 15) is 14.4 Å². The van der Waals surface area contributed by atoms with Crippen molar-refractivity contribution in [1.82, 2.24) is 15.1 Å².